The molecule has 1 aliphatic heterocycles. The molecule has 1 heterocycles. The van der Waals surface area contributed by atoms with Gasteiger partial charge >= 0.3 is 0 Å². The van der Waals surface area contributed by atoms with Crippen LogP contribution in [0.3, 0.4) is 0 Å². The Morgan fingerprint density at radius 3 is 1.62 bits per heavy atom. The summed E-state index contributed by atoms with van der Waals surface area (Å²) in [5, 5.41) is 8.23. The summed E-state index contributed by atoms with van der Waals surface area (Å²) in [5.41, 5.74) is 5.38. The molecule has 0 saturated carbocycles. The summed E-state index contributed by atoms with van der Waals surface area (Å²) in [6.07, 6.45) is 0. The molecule has 2 nitrogen and oxygen atoms in total. The van der Waals surface area contributed by atoms with Gasteiger partial charge in [-0.2, -0.15) is 0 Å². The van der Waals surface area contributed by atoms with Gasteiger partial charge in [-0.05, 0) is 54.7 Å². The average Bonchev–Trinajstić information content (AvgIpc) is 2.74. The molecule has 0 bridgehead atoms. The minimum atomic E-state index is -2.42. The van der Waals surface area contributed by atoms with Crippen LogP contribution in [0.5, 0.6) is 5.75 Å². The van der Waals surface area contributed by atoms with Gasteiger partial charge in [-0.25, -0.2) is 0 Å². The van der Waals surface area contributed by atoms with Crippen molar-refractivity contribution in [2.75, 3.05) is 12.4 Å². The topological polar surface area (TPSA) is 21.3 Å². The number of hydrogen-bond donors (Lipinski definition) is 1. The summed E-state index contributed by atoms with van der Waals surface area (Å²) in [7, 11) is -0.674. The van der Waals surface area contributed by atoms with Gasteiger partial charge < -0.3 is 10.1 Å². The molecule has 1 aliphatic rings. The van der Waals surface area contributed by atoms with Gasteiger partial charge in [-0.15, -0.1) is 0 Å². The first-order valence-electron chi connectivity index (χ1n) is 12.4. The van der Waals surface area contributed by atoms with Crippen LogP contribution in [0.4, 0.5) is 11.4 Å². The lowest BCUT2D eigenvalue weighted by Crippen LogP contribution is -2.74. The van der Waals surface area contributed by atoms with Gasteiger partial charge in [0.2, 0.25) is 0 Å². The zero-order chi connectivity index (χ0) is 25.1. The highest BCUT2D eigenvalue weighted by molar-refractivity contribution is 7.15. The Balaban J connectivity index is 2.08. The predicted molar refractivity (Wildman–Crippen MR) is 151 cm³/mol. The van der Waals surface area contributed by atoms with Crippen LogP contribution in [-0.4, -0.2) is 15.2 Å². The van der Waals surface area contributed by atoms with E-state index in [-0.39, 0.29) is 15.9 Å². The van der Waals surface area contributed by atoms with Crippen LogP contribution in [0.2, 0.25) is 5.04 Å². The van der Waals surface area contributed by atoms with Crippen LogP contribution in [0, 0.1) is 0 Å². The number of hydrogen-bond acceptors (Lipinski definition) is 2. The van der Waals surface area contributed by atoms with E-state index in [0.29, 0.717) is 0 Å². The van der Waals surface area contributed by atoms with E-state index in [9.17, 15) is 0 Å². The average molecular weight is 472 g/mol. The van der Waals surface area contributed by atoms with E-state index in [1.807, 2.05) is 0 Å². The number of nitrogens with one attached hydrogen (secondary N) is 1. The molecule has 0 saturated heterocycles. The van der Waals surface area contributed by atoms with Gasteiger partial charge in [0.25, 0.3) is 0 Å². The first-order valence-corrected chi connectivity index (χ1v) is 14.4. The number of anilines is 2. The van der Waals surface area contributed by atoms with Gasteiger partial charge in [-0.1, -0.05) is 105 Å². The molecule has 3 heteroatoms. The fraction of sp³-hybridized carbons (Fsp3) is 0.419. The molecule has 0 spiro atoms. The van der Waals surface area contributed by atoms with E-state index in [1.165, 1.54) is 38.1 Å². The smallest absolute Gasteiger partial charge is 0.158 e. The van der Waals surface area contributed by atoms with Gasteiger partial charge in [0.1, 0.15) is 5.75 Å². The summed E-state index contributed by atoms with van der Waals surface area (Å²) in [4.78, 5) is 0. The molecule has 0 fully saturated rings. The van der Waals surface area contributed by atoms with E-state index in [0.717, 1.165) is 5.75 Å². The molecule has 0 amide bonds. The molecule has 3 aromatic rings. The summed E-state index contributed by atoms with van der Waals surface area (Å²) in [6.45, 7) is 21.0. The Bertz CT molecular complexity index is 1210. The Kier molecular flexibility index (Phi) is 5.80. The summed E-state index contributed by atoms with van der Waals surface area (Å²) >= 11 is 0. The highest BCUT2D eigenvalue weighted by Gasteiger charge is 2.53. The Morgan fingerprint density at radius 1 is 0.618 bits per heavy atom. The molecule has 0 radical (unpaired) electrons. The monoisotopic (exact) mass is 471 g/mol. The van der Waals surface area contributed by atoms with Gasteiger partial charge in [0.15, 0.2) is 8.07 Å². The molecular weight excluding hydrogens is 430 g/mol. The quantitative estimate of drug-likeness (QED) is 0.424. The second kappa shape index (κ2) is 8.02. The molecule has 180 valence electrons. The lowest BCUT2D eigenvalue weighted by atomic mass is 9.87. The summed E-state index contributed by atoms with van der Waals surface area (Å²) in [6, 6.07) is 23.3. The fourth-order valence-electron chi connectivity index (χ4n) is 5.58. The largest absolute Gasteiger partial charge is 0.497 e. The third-order valence-corrected chi connectivity index (χ3v) is 13.4. The van der Waals surface area contributed by atoms with Crippen molar-refractivity contribution in [1.29, 1.82) is 0 Å². The van der Waals surface area contributed by atoms with E-state index in [4.69, 9.17) is 4.74 Å². The van der Waals surface area contributed by atoms with Crippen molar-refractivity contribution in [3.05, 3.63) is 71.8 Å². The van der Waals surface area contributed by atoms with E-state index in [2.05, 4.69) is 128 Å². The molecule has 0 aliphatic carbocycles. The third kappa shape index (κ3) is 3.88. The van der Waals surface area contributed by atoms with Crippen molar-refractivity contribution in [3.63, 3.8) is 0 Å². The van der Waals surface area contributed by atoms with Crippen LogP contribution in [0.1, 0.15) is 73.4 Å². The first-order chi connectivity index (χ1) is 15.7. The fourth-order valence-corrected chi connectivity index (χ4v) is 11.4. The SMILES string of the molecule is COc1ccc2c(c1)Nc1cc(C(C)(C)C)ccc1[Si]2(c1ccc(C(C)(C)C)cc1)C(C)(C)C. The maximum atomic E-state index is 5.63. The van der Waals surface area contributed by atoms with Crippen molar-refractivity contribution in [3.8, 4) is 5.75 Å². The van der Waals surface area contributed by atoms with Gasteiger partial charge in [0.05, 0.1) is 7.11 Å². The molecular formula is C31H41NOSi. The lowest BCUT2D eigenvalue weighted by molar-refractivity contribution is 0.415. The van der Waals surface area contributed by atoms with Crippen molar-refractivity contribution in [2.24, 2.45) is 0 Å². The van der Waals surface area contributed by atoms with Crippen LogP contribution >= 0.6 is 0 Å². The number of ether oxygens (including phenoxy) is 1. The molecule has 1 unspecified atom stereocenters. The van der Waals surface area contributed by atoms with E-state index < -0.39 is 8.07 Å². The predicted octanol–water partition coefficient (Wildman–Crippen LogP) is 6.62. The lowest BCUT2D eigenvalue weighted by Gasteiger charge is -2.49. The summed E-state index contributed by atoms with van der Waals surface area (Å²) in [5.74, 6) is 0.890. The zero-order valence-electron chi connectivity index (χ0n) is 22.7. The second-order valence-corrected chi connectivity index (χ2v) is 17.5. The number of methoxy groups -OCH3 is 1. The number of fused-ring (bicyclic) bond motifs is 2. The van der Waals surface area contributed by atoms with Gasteiger partial charge in [0, 0.05) is 17.4 Å². The molecule has 1 N–H and O–H groups in total. The van der Waals surface area contributed by atoms with Crippen LogP contribution in [0.15, 0.2) is 60.7 Å². The Labute approximate surface area is 207 Å². The molecule has 1 atom stereocenters. The van der Waals surface area contributed by atoms with E-state index in [1.54, 1.807) is 7.11 Å². The molecule has 0 aromatic heterocycles. The molecule has 34 heavy (non-hydrogen) atoms. The number of benzene rings is 3. The minimum absolute atomic E-state index is 0.0552. The molecule has 4 rings (SSSR count). The van der Waals surface area contributed by atoms with Crippen molar-refractivity contribution in [1.82, 2.24) is 0 Å². The second-order valence-electron chi connectivity index (χ2n) is 12.9. The maximum absolute atomic E-state index is 5.63. The maximum Gasteiger partial charge on any atom is 0.158 e. The van der Waals surface area contributed by atoms with Crippen LogP contribution in [0.25, 0.3) is 0 Å². The Morgan fingerprint density at radius 2 is 1.12 bits per heavy atom. The summed E-state index contributed by atoms with van der Waals surface area (Å²) < 4.78 is 5.63. The third-order valence-electron chi connectivity index (χ3n) is 7.50. The standard InChI is InChI=1S/C31H41NOSi/c1-29(2,3)21-11-15-24(16-12-21)34(31(7,8)9)27-17-13-22(30(4,5)6)19-25(27)32-26-20-23(33-10)14-18-28(26)34/h11-20,32H,1-10H3. The van der Waals surface area contributed by atoms with Crippen molar-refractivity contribution in [2.45, 2.75) is 78.2 Å². The van der Waals surface area contributed by atoms with Crippen LogP contribution < -0.4 is 25.6 Å². The minimum Gasteiger partial charge on any atom is -0.497 e. The number of rotatable bonds is 2. The first kappa shape index (κ1) is 24.6. The Hall–Kier alpha value is -2.52. The zero-order valence-corrected chi connectivity index (χ0v) is 23.7. The van der Waals surface area contributed by atoms with E-state index >= 15 is 0 Å². The van der Waals surface area contributed by atoms with Crippen LogP contribution in [-0.2, 0) is 10.8 Å². The normalized spacial score (nSPS) is 18.1. The van der Waals surface area contributed by atoms with Gasteiger partial charge in [-0.3, -0.25) is 0 Å². The molecule has 3 aromatic carbocycles. The highest BCUT2D eigenvalue weighted by atomic mass is 28.3. The van der Waals surface area contributed by atoms with Crippen molar-refractivity contribution < 1.29 is 4.74 Å². The van der Waals surface area contributed by atoms with Crippen molar-refractivity contribution >= 4 is 35.0 Å². The highest BCUT2D eigenvalue weighted by Crippen LogP contribution is 2.42.